The number of imide groups is 1. The highest BCUT2D eigenvalue weighted by atomic mass is 16.5. The summed E-state index contributed by atoms with van der Waals surface area (Å²) in [6.45, 7) is 10.3. The lowest BCUT2D eigenvalue weighted by Gasteiger charge is -2.42. The Morgan fingerprint density at radius 1 is 1.07 bits per heavy atom. The molecule has 2 aromatic rings. The lowest BCUT2D eigenvalue weighted by Crippen LogP contribution is -2.51. The fourth-order valence-corrected chi connectivity index (χ4v) is 9.47. The maximum Gasteiger partial charge on any atom is 0.232 e. The van der Waals surface area contributed by atoms with Crippen LogP contribution in [0.25, 0.3) is 11.0 Å². The van der Waals surface area contributed by atoms with Gasteiger partial charge in [0.1, 0.15) is 0 Å². The fourth-order valence-electron chi connectivity index (χ4n) is 9.47. The van der Waals surface area contributed by atoms with E-state index in [1.165, 1.54) is 12.8 Å². The lowest BCUT2D eigenvalue weighted by atomic mass is 9.75. The van der Waals surface area contributed by atoms with Gasteiger partial charge in [0.2, 0.25) is 18.2 Å². The third kappa shape index (κ3) is 6.01. The molecule has 6 rings (SSSR count). The van der Waals surface area contributed by atoms with E-state index in [1.54, 1.807) is 11.8 Å². The van der Waals surface area contributed by atoms with Crippen LogP contribution in [0, 0.1) is 35.5 Å². The molecule has 1 aromatic heterocycles. The van der Waals surface area contributed by atoms with Crippen LogP contribution in [-0.2, 0) is 14.4 Å². The van der Waals surface area contributed by atoms with Crippen molar-refractivity contribution in [1.82, 2.24) is 19.9 Å². The molecule has 7 unspecified atom stereocenters. The number of rotatable bonds is 10. The SMILES string of the molecule is CCCN(C(C)=O)C1CC2CC1C(C(=O)N(C=O)CC1CCCCC1CN1CCC(c3noc4ccccc34)CC1)C2C. The number of aromatic nitrogens is 1. The summed E-state index contributed by atoms with van der Waals surface area (Å²) >= 11 is 0. The van der Waals surface area contributed by atoms with Gasteiger partial charge in [-0.1, -0.05) is 44.0 Å². The van der Waals surface area contributed by atoms with E-state index in [-0.39, 0.29) is 35.6 Å². The summed E-state index contributed by atoms with van der Waals surface area (Å²) < 4.78 is 5.59. The Balaban J connectivity index is 1.07. The van der Waals surface area contributed by atoms with Gasteiger partial charge in [-0.3, -0.25) is 19.3 Å². The van der Waals surface area contributed by atoms with Crippen LogP contribution < -0.4 is 0 Å². The Morgan fingerprint density at radius 3 is 2.51 bits per heavy atom. The van der Waals surface area contributed by atoms with Crippen molar-refractivity contribution in [3.63, 3.8) is 0 Å². The number of fused-ring (bicyclic) bond motifs is 3. The van der Waals surface area contributed by atoms with Crippen LogP contribution in [0.1, 0.15) is 90.2 Å². The van der Waals surface area contributed by atoms with Crippen LogP contribution in [0.15, 0.2) is 28.8 Å². The van der Waals surface area contributed by atoms with Crippen molar-refractivity contribution in [2.24, 2.45) is 35.5 Å². The first-order valence-corrected chi connectivity index (χ1v) is 17.0. The van der Waals surface area contributed by atoms with Crippen LogP contribution in [0.2, 0.25) is 0 Å². The molecule has 8 nitrogen and oxygen atoms in total. The maximum atomic E-state index is 14.1. The first-order chi connectivity index (χ1) is 20.9. The molecule has 4 aliphatic rings. The highest BCUT2D eigenvalue weighted by Crippen LogP contribution is 2.54. The molecule has 234 valence electrons. The van der Waals surface area contributed by atoms with Gasteiger partial charge < -0.3 is 14.3 Å². The van der Waals surface area contributed by atoms with E-state index < -0.39 is 0 Å². The third-order valence-corrected chi connectivity index (χ3v) is 11.7. The van der Waals surface area contributed by atoms with Gasteiger partial charge in [-0.15, -0.1) is 0 Å². The predicted molar refractivity (Wildman–Crippen MR) is 166 cm³/mol. The summed E-state index contributed by atoms with van der Waals surface area (Å²) in [6, 6.07) is 8.27. The topological polar surface area (TPSA) is 87.0 Å². The van der Waals surface area contributed by atoms with Gasteiger partial charge in [0.05, 0.1) is 5.69 Å². The van der Waals surface area contributed by atoms with E-state index >= 15 is 0 Å². The number of likely N-dealkylation sites (tertiary alicyclic amines) is 1. The highest BCUT2D eigenvalue weighted by molar-refractivity contribution is 5.89. The molecule has 0 spiro atoms. The summed E-state index contributed by atoms with van der Waals surface area (Å²) in [6.07, 6.45) is 10.5. The summed E-state index contributed by atoms with van der Waals surface area (Å²) in [5.74, 6) is 2.09. The van der Waals surface area contributed by atoms with E-state index in [4.69, 9.17) is 4.52 Å². The monoisotopic (exact) mass is 590 g/mol. The van der Waals surface area contributed by atoms with E-state index in [0.29, 0.717) is 30.2 Å². The number of hydrogen-bond donors (Lipinski definition) is 0. The van der Waals surface area contributed by atoms with Crippen LogP contribution in [0.5, 0.6) is 0 Å². The molecule has 4 fully saturated rings. The lowest BCUT2D eigenvalue weighted by molar-refractivity contribution is -0.148. The smallest absolute Gasteiger partial charge is 0.232 e. The van der Waals surface area contributed by atoms with Crippen LogP contribution in [0.4, 0.5) is 0 Å². The number of para-hydroxylation sites is 1. The molecule has 3 amide bonds. The Bertz CT molecular complexity index is 1290. The Kier molecular flexibility index (Phi) is 9.22. The van der Waals surface area contributed by atoms with Gasteiger partial charge in [-0.25, -0.2) is 0 Å². The fraction of sp³-hybridized carbons (Fsp3) is 0.714. The molecule has 8 heteroatoms. The zero-order valence-corrected chi connectivity index (χ0v) is 26.3. The van der Waals surface area contributed by atoms with Crippen molar-refractivity contribution in [1.29, 1.82) is 0 Å². The minimum absolute atomic E-state index is 0.00433. The molecule has 43 heavy (non-hydrogen) atoms. The van der Waals surface area contributed by atoms with Gasteiger partial charge in [0.25, 0.3) is 0 Å². The Labute approximate surface area is 256 Å². The van der Waals surface area contributed by atoms with E-state index in [9.17, 15) is 14.4 Å². The van der Waals surface area contributed by atoms with Crippen LogP contribution in [0.3, 0.4) is 0 Å². The first-order valence-electron chi connectivity index (χ1n) is 17.0. The van der Waals surface area contributed by atoms with Gasteiger partial charge in [0, 0.05) is 49.8 Å². The van der Waals surface area contributed by atoms with Gasteiger partial charge >= 0.3 is 0 Å². The number of carbonyl (C=O) groups excluding carboxylic acids is 3. The van der Waals surface area contributed by atoms with Crippen molar-refractivity contribution in [3.8, 4) is 0 Å². The van der Waals surface area contributed by atoms with Crippen molar-refractivity contribution in [2.45, 2.75) is 90.5 Å². The predicted octanol–water partition coefficient (Wildman–Crippen LogP) is 5.72. The first kappa shape index (κ1) is 30.3. The molecule has 1 aliphatic heterocycles. The van der Waals surface area contributed by atoms with Gasteiger partial charge in [0.15, 0.2) is 5.58 Å². The minimum Gasteiger partial charge on any atom is -0.356 e. The molecule has 2 heterocycles. The third-order valence-electron chi connectivity index (χ3n) is 11.7. The van der Waals surface area contributed by atoms with Crippen LogP contribution in [-0.4, -0.2) is 76.8 Å². The number of nitrogens with zero attached hydrogens (tertiary/aromatic N) is 4. The van der Waals surface area contributed by atoms with Crippen molar-refractivity contribution in [2.75, 3.05) is 32.7 Å². The standard InChI is InChI=1S/C35H50N4O4/c1-4-15-39(24(3)41)31-19-28-18-30(31)33(23(28)2)35(42)38(22-40)21-27-10-6-5-9-26(27)20-37-16-13-25(14-17-37)34-29-11-7-8-12-32(29)43-36-34/h7-8,11-12,22-23,25-28,30-31,33H,4-6,9-10,13-21H2,1-3H3. The largest absolute Gasteiger partial charge is 0.356 e. The minimum atomic E-state index is -0.165. The normalized spacial score (nSPS) is 31.4. The second kappa shape index (κ2) is 13.1. The number of carbonyl (C=O) groups is 3. The van der Waals surface area contributed by atoms with Crippen LogP contribution >= 0.6 is 0 Å². The number of hydrogen-bond acceptors (Lipinski definition) is 6. The molecular formula is C35H50N4O4. The van der Waals surface area contributed by atoms with Crippen molar-refractivity contribution >= 4 is 29.2 Å². The molecule has 1 saturated heterocycles. The molecule has 2 bridgehead atoms. The summed E-state index contributed by atoms with van der Waals surface area (Å²) in [4.78, 5) is 45.2. The molecule has 3 aliphatic carbocycles. The average Bonchev–Trinajstić information content (AvgIpc) is 3.73. The Hall–Kier alpha value is -2.74. The molecule has 1 aromatic carbocycles. The van der Waals surface area contributed by atoms with Gasteiger partial charge in [-0.05, 0) is 99.8 Å². The number of piperidine rings is 1. The van der Waals surface area contributed by atoms with E-state index in [2.05, 4.69) is 36.0 Å². The molecular weight excluding hydrogens is 540 g/mol. The second-order valence-corrected chi connectivity index (χ2v) is 14.1. The average molecular weight is 591 g/mol. The zero-order chi connectivity index (χ0) is 30.1. The quantitative estimate of drug-likeness (QED) is 0.329. The Morgan fingerprint density at radius 2 is 1.81 bits per heavy atom. The second-order valence-electron chi connectivity index (χ2n) is 14.1. The number of benzene rings is 1. The molecule has 3 saturated carbocycles. The van der Waals surface area contributed by atoms with Crippen molar-refractivity contribution < 1.29 is 18.9 Å². The highest BCUT2D eigenvalue weighted by Gasteiger charge is 2.56. The molecule has 0 radical (unpaired) electrons. The summed E-state index contributed by atoms with van der Waals surface area (Å²) in [5, 5.41) is 5.57. The molecule has 7 atom stereocenters. The summed E-state index contributed by atoms with van der Waals surface area (Å²) in [5.41, 5.74) is 1.97. The summed E-state index contributed by atoms with van der Waals surface area (Å²) in [7, 11) is 0. The zero-order valence-electron chi connectivity index (χ0n) is 26.3. The van der Waals surface area contributed by atoms with E-state index in [1.807, 2.05) is 17.0 Å². The van der Waals surface area contributed by atoms with E-state index in [0.717, 1.165) is 94.2 Å². The maximum absolute atomic E-state index is 14.1. The van der Waals surface area contributed by atoms with Gasteiger partial charge in [-0.2, -0.15) is 0 Å². The number of amides is 3. The van der Waals surface area contributed by atoms with Crippen molar-refractivity contribution in [3.05, 3.63) is 30.0 Å². The molecule has 0 N–H and O–H groups in total.